The molecule has 0 unspecified atom stereocenters. The first-order valence-electron chi connectivity index (χ1n) is 9.71. The van der Waals surface area contributed by atoms with Crippen LogP contribution in [0.3, 0.4) is 0 Å². The van der Waals surface area contributed by atoms with E-state index in [4.69, 9.17) is 9.53 Å². The Bertz CT molecular complexity index is 507. The fourth-order valence-corrected chi connectivity index (χ4v) is 7.07. The van der Waals surface area contributed by atoms with E-state index in [1.807, 2.05) is 19.9 Å². The predicted octanol–water partition coefficient (Wildman–Crippen LogP) is 4.97. The van der Waals surface area contributed by atoms with Gasteiger partial charge in [-0.2, -0.15) is 0 Å². The molecule has 1 rings (SSSR count). The van der Waals surface area contributed by atoms with Crippen LogP contribution in [-0.2, 0) is 4.43 Å². The van der Waals surface area contributed by atoms with Crippen molar-refractivity contribution in [2.45, 2.75) is 91.1 Å². The highest BCUT2D eigenvalue weighted by atomic mass is 28.4. The molecule has 1 aliphatic rings. The van der Waals surface area contributed by atoms with Gasteiger partial charge in [0.15, 0.2) is 8.32 Å². The Morgan fingerprint density at radius 3 is 2.20 bits per heavy atom. The Balaban J connectivity index is 3.14. The number of aliphatic hydroxyl groups excluding tert-OH is 1. The van der Waals surface area contributed by atoms with Crippen molar-refractivity contribution >= 4 is 8.32 Å². The molecule has 0 radical (unpaired) electrons. The van der Waals surface area contributed by atoms with Gasteiger partial charge < -0.3 is 14.6 Å². The van der Waals surface area contributed by atoms with Gasteiger partial charge in [0.1, 0.15) is 0 Å². The molecular weight excluding hydrogens is 328 g/mol. The van der Waals surface area contributed by atoms with Crippen molar-refractivity contribution in [3.8, 4) is 0 Å². The van der Waals surface area contributed by atoms with Gasteiger partial charge in [-0.25, -0.2) is 0 Å². The lowest BCUT2D eigenvalue weighted by atomic mass is 9.65. The van der Waals surface area contributed by atoms with Gasteiger partial charge in [0.2, 0.25) is 0 Å². The van der Waals surface area contributed by atoms with Crippen LogP contribution < -0.4 is 0 Å². The third kappa shape index (κ3) is 5.67. The largest absolute Gasteiger partial charge is 0.414 e. The number of rotatable bonds is 7. The Morgan fingerprint density at radius 1 is 1.20 bits per heavy atom. The summed E-state index contributed by atoms with van der Waals surface area (Å²) in [5.41, 5.74) is 4.13. The van der Waals surface area contributed by atoms with Gasteiger partial charge in [-0.1, -0.05) is 40.7 Å². The second-order valence-electron chi connectivity index (χ2n) is 8.34. The first kappa shape index (κ1) is 22.4. The molecule has 2 N–H and O–H groups in total. The minimum atomic E-state index is -1.68. The van der Waals surface area contributed by atoms with E-state index in [0.717, 1.165) is 35.7 Å². The molecule has 0 aromatic heterocycles. The van der Waals surface area contributed by atoms with E-state index in [9.17, 15) is 5.11 Å². The average molecular weight is 367 g/mol. The number of allylic oxidation sites excluding steroid dienone is 1. The highest BCUT2D eigenvalue weighted by Crippen LogP contribution is 2.47. The van der Waals surface area contributed by atoms with E-state index in [-0.39, 0.29) is 18.1 Å². The van der Waals surface area contributed by atoms with E-state index in [1.54, 1.807) is 6.08 Å². The molecule has 25 heavy (non-hydrogen) atoms. The van der Waals surface area contributed by atoms with Crippen molar-refractivity contribution in [3.05, 3.63) is 29.0 Å². The van der Waals surface area contributed by atoms with Crippen LogP contribution in [0.15, 0.2) is 29.0 Å². The molecule has 0 spiro atoms. The molecule has 0 aromatic rings. The first-order valence-corrected chi connectivity index (χ1v) is 12.2. The zero-order valence-electron chi connectivity index (χ0n) is 17.3. The van der Waals surface area contributed by atoms with Crippen molar-refractivity contribution < 1.29 is 14.6 Å². The van der Waals surface area contributed by atoms with Crippen LogP contribution in [0.4, 0.5) is 0 Å². The summed E-state index contributed by atoms with van der Waals surface area (Å²) in [5, 5.41) is 20.1. The monoisotopic (exact) mass is 366 g/mol. The molecule has 0 aliphatic heterocycles. The van der Waals surface area contributed by atoms with Crippen LogP contribution in [0.2, 0.25) is 18.1 Å². The molecule has 4 heteroatoms. The topological polar surface area (TPSA) is 49.7 Å². The SMILES string of the molecule is CC[Si](CC)(CC)O[C@H]1CC(C)(C)C(=C=C/C(C)=C/CO)[C@](C)(O)C1. The van der Waals surface area contributed by atoms with Gasteiger partial charge in [-0.3, -0.25) is 0 Å². The lowest BCUT2D eigenvalue weighted by molar-refractivity contribution is -0.0211. The maximum absolute atomic E-state index is 11.1. The van der Waals surface area contributed by atoms with Crippen LogP contribution in [0.25, 0.3) is 0 Å². The molecule has 3 nitrogen and oxygen atoms in total. The van der Waals surface area contributed by atoms with E-state index in [0.29, 0.717) is 6.42 Å². The van der Waals surface area contributed by atoms with E-state index >= 15 is 0 Å². The Labute approximate surface area is 155 Å². The lowest BCUT2D eigenvalue weighted by Crippen LogP contribution is -2.50. The van der Waals surface area contributed by atoms with Crippen LogP contribution in [0.5, 0.6) is 0 Å². The minimum absolute atomic E-state index is 0.0206. The second-order valence-corrected chi connectivity index (χ2v) is 13.1. The summed E-state index contributed by atoms with van der Waals surface area (Å²) in [7, 11) is -1.68. The smallest absolute Gasteiger partial charge is 0.192 e. The summed E-state index contributed by atoms with van der Waals surface area (Å²) < 4.78 is 6.69. The van der Waals surface area contributed by atoms with Crippen LogP contribution in [0, 0.1) is 5.41 Å². The first-order chi connectivity index (χ1) is 11.6. The molecule has 0 bridgehead atoms. The van der Waals surface area contributed by atoms with Gasteiger partial charge in [0, 0.05) is 18.1 Å². The summed E-state index contributed by atoms with van der Waals surface area (Å²) in [6, 6.07) is 3.40. The summed E-state index contributed by atoms with van der Waals surface area (Å²) in [5.74, 6) is 0. The number of hydrogen-bond acceptors (Lipinski definition) is 3. The van der Waals surface area contributed by atoms with Crippen molar-refractivity contribution in [1.29, 1.82) is 0 Å². The van der Waals surface area contributed by atoms with Crippen molar-refractivity contribution in [2.24, 2.45) is 5.41 Å². The van der Waals surface area contributed by atoms with Gasteiger partial charge >= 0.3 is 0 Å². The molecule has 0 aromatic carbocycles. The van der Waals surface area contributed by atoms with Crippen molar-refractivity contribution in [3.63, 3.8) is 0 Å². The molecule has 0 amide bonds. The van der Waals surface area contributed by atoms with Crippen LogP contribution >= 0.6 is 0 Å². The van der Waals surface area contributed by atoms with Gasteiger partial charge in [0.25, 0.3) is 0 Å². The van der Waals surface area contributed by atoms with Crippen LogP contribution in [-0.4, -0.2) is 36.8 Å². The third-order valence-electron chi connectivity index (χ3n) is 5.79. The van der Waals surface area contributed by atoms with Crippen molar-refractivity contribution in [2.75, 3.05) is 6.61 Å². The fourth-order valence-electron chi connectivity index (χ4n) is 4.19. The maximum Gasteiger partial charge on any atom is 0.192 e. The van der Waals surface area contributed by atoms with Gasteiger partial charge in [0.05, 0.1) is 12.2 Å². The van der Waals surface area contributed by atoms with Crippen LogP contribution in [0.1, 0.15) is 61.3 Å². The van der Waals surface area contributed by atoms with Gasteiger partial charge in [-0.15, -0.1) is 5.73 Å². The summed E-state index contributed by atoms with van der Waals surface area (Å²) in [4.78, 5) is 0. The molecule has 1 fully saturated rings. The second kappa shape index (κ2) is 8.83. The third-order valence-corrected chi connectivity index (χ3v) is 10.5. The molecule has 0 heterocycles. The standard InChI is InChI=1S/C21H38O3Si/c1-8-25(9-2,10-3)24-18-15-20(5,6)19(21(7,23)16-18)12-11-17(4)13-14-22/h11,13,18,22-23H,8-10,14-16H2,1-7H3/b17-13+/t12?,18-,21+/m0/s1. The molecule has 1 saturated carbocycles. The highest BCUT2D eigenvalue weighted by molar-refractivity contribution is 6.73. The zero-order chi connectivity index (χ0) is 19.3. The summed E-state index contributed by atoms with van der Waals surface area (Å²) in [6.45, 7) is 14.9. The maximum atomic E-state index is 11.1. The normalized spacial score (nSPS) is 27.2. The predicted molar refractivity (Wildman–Crippen MR) is 108 cm³/mol. The average Bonchev–Trinajstić information content (AvgIpc) is 2.50. The molecule has 144 valence electrons. The quantitative estimate of drug-likeness (QED) is 0.380. The molecule has 2 atom stereocenters. The van der Waals surface area contributed by atoms with E-state index in [2.05, 4.69) is 40.3 Å². The van der Waals surface area contributed by atoms with E-state index < -0.39 is 13.9 Å². The Hall–Kier alpha value is -0.643. The zero-order valence-corrected chi connectivity index (χ0v) is 18.3. The lowest BCUT2D eigenvalue weighted by Gasteiger charge is -2.47. The highest BCUT2D eigenvalue weighted by Gasteiger charge is 2.47. The minimum Gasteiger partial charge on any atom is -0.414 e. The van der Waals surface area contributed by atoms with Gasteiger partial charge in [-0.05, 0) is 55.5 Å². The number of aliphatic hydroxyl groups is 2. The summed E-state index contributed by atoms with van der Waals surface area (Å²) in [6.07, 6.45) is 5.26. The molecule has 0 saturated heterocycles. The Morgan fingerprint density at radius 2 is 1.76 bits per heavy atom. The Kier molecular flexibility index (Phi) is 7.91. The summed E-state index contributed by atoms with van der Waals surface area (Å²) >= 11 is 0. The van der Waals surface area contributed by atoms with E-state index in [1.165, 1.54) is 0 Å². The molecular formula is C21H38O3Si. The van der Waals surface area contributed by atoms with Crippen molar-refractivity contribution in [1.82, 2.24) is 0 Å². The molecule has 1 aliphatic carbocycles. The fraction of sp³-hybridized carbons (Fsp3) is 0.762. The number of hydrogen-bond donors (Lipinski definition) is 2.